The zero-order chi connectivity index (χ0) is 15.2. The molecule has 0 aliphatic carbocycles. The van der Waals surface area contributed by atoms with Gasteiger partial charge in [0.05, 0.1) is 5.69 Å². The van der Waals surface area contributed by atoms with E-state index in [9.17, 15) is 9.59 Å². The number of nitrogens with zero attached hydrogens (tertiary/aromatic N) is 1. The first-order valence-electron chi connectivity index (χ1n) is 6.37. The molecule has 0 saturated heterocycles. The summed E-state index contributed by atoms with van der Waals surface area (Å²) >= 11 is 0. The summed E-state index contributed by atoms with van der Waals surface area (Å²) in [5.41, 5.74) is 1.60. The number of H-pyrrole nitrogens is 1. The zero-order valence-corrected chi connectivity index (χ0v) is 11.1. The molecule has 21 heavy (non-hydrogen) atoms. The molecule has 4 N–H and O–H groups in total. The van der Waals surface area contributed by atoms with Gasteiger partial charge in [0, 0.05) is 18.6 Å². The molecule has 1 amide bonds. The van der Waals surface area contributed by atoms with Gasteiger partial charge in [-0.2, -0.15) is 5.10 Å². The average Bonchev–Trinajstić information content (AvgIpc) is 2.97. The summed E-state index contributed by atoms with van der Waals surface area (Å²) in [7, 11) is 0. The van der Waals surface area contributed by atoms with Crippen LogP contribution in [0.4, 0.5) is 0 Å². The van der Waals surface area contributed by atoms with E-state index in [1.165, 1.54) is 0 Å². The Morgan fingerprint density at radius 1 is 1.29 bits per heavy atom. The molecule has 1 heterocycles. The Balaban J connectivity index is 2.10. The molecule has 0 saturated carbocycles. The van der Waals surface area contributed by atoms with Crippen LogP contribution < -0.4 is 5.32 Å². The summed E-state index contributed by atoms with van der Waals surface area (Å²) in [4.78, 5) is 22.9. The second-order valence-electron chi connectivity index (χ2n) is 4.41. The monoisotopic (exact) mass is 289 g/mol. The van der Waals surface area contributed by atoms with Crippen LogP contribution in [0.2, 0.25) is 0 Å². The van der Waals surface area contributed by atoms with Crippen molar-refractivity contribution in [2.45, 2.75) is 12.5 Å². The minimum atomic E-state index is -1.19. The van der Waals surface area contributed by atoms with Gasteiger partial charge >= 0.3 is 5.97 Å². The molecule has 0 radical (unpaired) electrons. The maximum absolute atomic E-state index is 12.0. The molecule has 7 nitrogen and oxygen atoms in total. The van der Waals surface area contributed by atoms with E-state index in [2.05, 4.69) is 15.5 Å². The lowest BCUT2D eigenvalue weighted by molar-refractivity contribution is -0.139. The third kappa shape index (κ3) is 3.67. The number of rotatable bonds is 6. The SMILES string of the molecule is O=C(N[C@@H](CCO)C(=O)O)c1cc(-c2ccccc2)n[nH]1. The first kappa shape index (κ1) is 14.7. The van der Waals surface area contributed by atoms with Gasteiger partial charge in [-0.1, -0.05) is 30.3 Å². The summed E-state index contributed by atoms with van der Waals surface area (Å²) in [6.45, 7) is -0.324. The molecule has 1 aromatic carbocycles. The summed E-state index contributed by atoms with van der Waals surface area (Å²) in [5, 5.41) is 26.6. The number of aliphatic carboxylic acids is 1. The first-order chi connectivity index (χ1) is 10.1. The third-order valence-electron chi connectivity index (χ3n) is 2.91. The number of carbonyl (C=O) groups is 2. The van der Waals surface area contributed by atoms with Crippen LogP contribution in [0.3, 0.4) is 0 Å². The molecule has 110 valence electrons. The number of benzene rings is 1. The van der Waals surface area contributed by atoms with Crippen LogP contribution in [0, 0.1) is 0 Å². The maximum atomic E-state index is 12.0. The fourth-order valence-corrected chi connectivity index (χ4v) is 1.82. The minimum absolute atomic E-state index is 0.0548. The Bertz CT molecular complexity index is 624. The number of aromatic amines is 1. The van der Waals surface area contributed by atoms with Crippen molar-refractivity contribution in [2.75, 3.05) is 6.61 Å². The van der Waals surface area contributed by atoms with Gasteiger partial charge < -0.3 is 15.5 Å². The number of nitrogens with one attached hydrogen (secondary N) is 2. The molecular formula is C14H15N3O4. The molecule has 0 aliphatic heterocycles. The number of hydrogen-bond donors (Lipinski definition) is 4. The quantitative estimate of drug-likeness (QED) is 0.623. The normalized spacial score (nSPS) is 11.9. The average molecular weight is 289 g/mol. The highest BCUT2D eigenvalue weighted by molar-refractivity contribution is 5.95. The molecule has 2 rings (SSSR count). The molecule has 0 bridgehead atoms. The molecule has 0 aliphatic rings. The van der Waals surface area contributed by atoms with E-state index in [-0.39, 0.29) is 18.7 Å². The van der Waals surface area contributed by atoms with Gasteiger partial charge in [-0.15, -0.1) is 0 Å². The Morgan fingerprint density at radius 2 is 2.00 bits per heavy atom. The lowest BCUT2D eigenvalue weighted by atomic mass is 10.1. The molecule has 0 unspecified atom stereocenters. The largest absolute Gasteiger partial charge is 0.480 e. The Hall–Kier alpha value is -2.67. The van der Waals surface area contributed by atoms with Crippen LogP contribution in [0.15, 0.2) is 36.4 Å². The van der Waals surface area contributed by atoms with E-state index in [1.54, 1.807) is 6.07 Å². The highest BCUT2D eigenvalue weighted by Gasteiger charge is 2.21. The number of carboxylic acids is 1. The van der Waals surface area contributed by atoms with Gasteiger partial charge in [0.15, 0.2) is 0 Å². The zero-order valence-electron chi connectivity index (χ0n) is 11.1. The minimum Gasteiger partial charge on any atom is -0.480 e. The van der Waals surface area contributed by atoms with Crippen molar-refractivity contribution < 1.29 is 19.8 Å². The van der Waals surface area contributed by atoms with E-state index in [0.29, 0.717) is 5.69 Å². The number of aliphatic hydroxyl groups excluding tert-OH is 1. The van der Waals surface area contributed by atoms with Crippen LogP contribution >= 0.6 is 0 Å². The molecule has 2 aromatic rings. The first-order valence-corrected chi connectivity index (χ1v) is 6.37. The van der Waals surface area contributed by atoms with Gasteiger partial charge in [0.25, 0.3) is 5.91 Å². The lowest BCUT2D eigenvalue weighted by Gasteiger charge is -2.11. The standard InChI is InChI=1S/C14H15N3O4/c18-7-6-10(14(20)21)15-13(19)12-8-11(16-17-12)9-4-2-1-3-5-9/h1-5,8,10,18H,6-7H2,(H,15,19)(H,16,17)(H,20,21)/t10-/m0/s1. The molecule has 0 fully saturated rings. The predicted octanol–water partition coefficient (Wildman–Crippen LogP) is 0.642. The number of aromatic nitrogens is 2. The van der Waals surface area contributed by atoms with E-state index in [0.717, 1.165) is 5.56 Å². The van der Waals surface area contributed by atoms with E-state index >= 15 is 0 Å². The van der Waals surface area contributed by atoms with Crippen molar-refractivity contribution in [3.05, 3.63) is 42.1 Å². The number of carbonyl (C=O) groups excluding carboxylic acids is 1. The smallest absolute Gasteiger partial charge is 0.326 e. The Kier molecular flexibility index (Phi) is 4.68. The van der Waals surface area contributed by atoms with Crippen LogP contribution in [0.1, 0.15) is 16.9 Å². The van der Waals surface area contributed by atoms with Crippen LogP contribution in [0.5, 0.6) is 0 Å². The highest BCUT2D eigenvalue weighted by atomic mass is 16.4. The summed E-state index contributed by atoms with van der Waals surface area (Å²) in [6, 6.07) is 9.69. The Labute approximate surface area is 120 Å². The number of amides is 1. The fraction of sp³-hybridized carbons (Fsp3) is 0.214. The molecule has 0 spiro atoms. The second kappa shape index (κ2) is 6.67. The highest BCUT2D eigenvalue weighted by Crippen LogP contribution is 2.16. The summed E-state index contributed by atoms with van der Waals surface area (Å²) in [6.07, 6.45) is -0.0548. The van der Waals surface area contributed by atoms with Crippen LogP contribution in [0.25, 0.3) is 11.3 Å². The van der Waals surface area contributed by atoms with Crippen LogP contribution in [-0.4, -0.2) is 44.9 Å². The van der Waals surface area contributed by atoms with Crippen molar-refractivity contribution in [2.24, 2.45) is 0 Å². The topological polar surface area (TPSA) is 115 Å². The van der Waals surface area contributed by atoms with Gasteiger partial charge in [0.2, 0.25) is 0 Å². The second-order valence-corrected chi connectivity index (χ2v) is 4.41. The fourth-order valence-electron chi connectivity index (χ4n) is 1.82. The van der Waals surface area contributed by atoms with Gasteiger partial charge in [-0.05, 0) is 6.07 Å². The van der Waals surface area contributed by atoms with Gasteiger partial charge in [-0.3, -0.25) is 9.89 Å². The molecule has 7 heteroatoms. The van der Waals surface area contributed by atoms with Gasteiger partial charge in [0.1, 0.15) is 11.7 Å². The maximum Gasteiger partial charge on any atom is 0.326 e. The van der Waals surface area contributed by atoms with Crippen molar-refractivity contribution in [3.63, 3.8) is 0 Å². The van der Waals surface area contributed by atoms with Crippen molar-refractivity contribution >= 4 is 11.9 Å². The number of aliphatic hydroxyl groups is 1. The summed E-state index contributed by atoms with van der Waals surface area (Å²) < 4.78 is 0. The predicted molar refractivity (Wildman–Crippen MR) is 74.6 cm³/mol. The molecule has 1 aromatic heterocycles. The van der Waals surface area contributed by atoms with Crippen LogP contribution in [-0.2, 0) is 4.79 Å². The molecular weight excluding hydrogens is 274 g/mol. The van der Waals surface area contributed by atoms with Crippen molar-refractivity contribution in [3.8, 4) is 11.3 Å². The molecule has 1 atom stereocenters. The number of carboxylic acid groups (broad SMARTS) is 1. The van der Waals surface area contributed by atoms with Crippen molar-refractivity contribution in [1.82, 2.24) is 15.5 Å². The van der Waals surface area contributed by atoms with E-state index < -0.39 is 17.9 Å². The summed E-state index contributed by atoms with van der Waals surface area (Å²) in [5.74, 6) is -1.77. The van der Waals surface area contributed by atoms with Crippen molar-refractivity contribution in [1.29, 1.82) is 0 Å². The van der Waals surface area contributed by atoms with E-state index in [1.807, 2.05) is 30.3 Å². The number of hydrogen-bond acceptors (Lipinski definition) is 4. The van der Waals surface area contributed by atoms with Gasteiger partial charge in [-0.25, -0.2) is 4.79 Å². The third-order valence-corrected chi connectivity index (χ3v) is 2.91. The lowest BCUT2D eigenvalue weighted by Crippen LogP contribution is -2.41. The Morgan fingerprint density at radius 3 is 2.62 bits per heavy atom. The van der Waals surface area contributed by atoms with E-state index in [4.69, 9.17) is 10.2 Å².